The Morgan fingerprint density at radius 2 is 1.90 bits per heavy atom. The number of aliphatic hydroxyl groups excluding tert-OH is 2. The lowest BCUT2D eigenvalue weighted by Gasteiger charge is -2.13. The van der Waals surface area contributed by atoms with Gasteiger partial charge in [0.25, 0.3) is 0 Å². The molecule has 0 radical (unpaired) electrons. The first-order valence-electron chi connectivity index (χ1n) is 5.97. The van der Waals surface area contributed by atoms with Crippen LogP contribution in [-0.2, 0) is 13.8 Å². The molecular formula is C12H15O7P. The van der Waals surface area contributed by atoms with Crippen LogP contribution in [0.3, 0.4) is 0 Å². The molecule has 1 aromatic carbocycles. The molecule has 1 aliphatic heterocycles. The van der Waals surface area contributed by atoms with Crippen molar-refractivity contribution >= 4 is 14.0 Å². The third-order valence-electron chi connectivity index (χ3n) is 3.05. The Morgan fingerprint density at radius 1 is 1.25 bits per heavy atom. The number of ether oxygens (including phenoxy) is 1. The Hall–Kier alpha value is -1.08. The highest BCUT2D eigenvalue weighted by Crippen LogP contribution is 2.26. The van der Waals surface area contributed by atoms with Crippen LogP contribution in [0.4, 0.5) is 0 Å². The fourth-order valence-corrected chi connectivity index (χ4v) is 2.33. The van der Waals surface area contributed by atoms with Gasteiger partial charge in [0.15, 0.2) is 5.78 Å². The van der Waals surface area contributed by atoms with Gasteiger partial charge in [-0.3, -0.25) is 9.36 Å². The highest BCUT2D eigenvalue weighted by Gasteiger charge is 2.46. The van der Waals surface area contributed by atoms with Gasteiger partial charge in [-0.25, -0.2) is 0 Å². The van der Waals surface area contributed by atoms with Crippen molar-refractivity contribution in [3.05, 3.63) is 35.9 Å². The Morgan fingerprint density at radius 3 is 2.50 bits per heavy atom. The summed E-state index contributed by atoms with van der Waals surface area (Å²) in [5.41, 5.74) is 0.348. The smallest absolute Gasteiger partial charge is 0.316 e. The molecule has 1 heterocycles. The lowest BCUT2D eigenvalue weighted by atomic mass is 10.0. The second-order valence-electron chi connectivity index (χ2n) is 4.38. The van der Waals surface area contributed by atoms with Gasteiger partial charge in [-0.1, -0.05) is 30.3 Å². The minimum absolute atomic E-state index is 0.348. The third kappa shape index (κ3) is 3.32. The number of carbonyl (C=O) groups excluding carboxylic acids is 1. The van der Waals surface area contributed by atoms with Crippen LogP contribution >= 0.6 is 8.25 Å². The number of Topliss-reactive ketones (excluding diaryl/α,β-unsaturated/α-hetero) is 1. The van der Waals surface area contributed by atoms with Crippen LogP contribution in [0.1, 0.15) is 10.4 Å². The lowest BCUT2D eigenvalue weighted by molar-refractivity contribution is -0.0110. The summed E-state index contributed by atoms with van der Waals surface area (Å²) < 4.78 is 20.2. The molecule has 1 aliphatic rings. The van der Waals surface area contributed by atoms with Crippen LogP contribution < -0.4 is 0 Å². The molecule has 0 spiro atoms. The molecule has 1 saturated heterocycles. The first-order chi connectivity index (χ1) is 9.50. The van der Waals surface area contributed by atoms with E-state index in [0.717, 1.165) is 0 Å². The predicted molar refractivity (Wildman–Crippen MR) is 68.6 cm³/mol. The Bertz CT molecular complexity index is 492. The van der Waals surface area contributed by atoms with Crippen LogP contribution in [0.2, 0.25) is 0 Å². The van der Waals surface area contributed by atoms with Crippen LogP contribution in [0, 0.1) is 0 Å². The minimum atomic E-state index is -3.16. The monoisotopic (exact) mass is 302 g/mol. The number of hydrogen-bond donors (Lipinski definition) is 3. The highest BCUT2D eigenvalue weighted by molar-refractivity contribution is 7.32. The number of carbonyl (C=O) groups is 1. The summed E-state index contributed by atoms with van der Waals surface area (Å²) in [6.07, 6.45) is -5.00. The van der Waals surface area contributed by atoms with Gasteiger partial charge in [0, 0.05) is 5.56 Å². The largest absolute Gasteiger partial charge is 0.387 e. The van der Waals surface area contributed by atoms with Gasteiger partial charge in [0.2, 0.25) is 0 Å². The summed E-state index contributed by atoms with van der Waals surface area (Å²) in [5.74, 6) is -0.462. The molecule has 0 bridgehead atoms. The standard InChI is InChI=1S/C12H15O7P/c13-9(7-4-2-1-3-5-7)12-11(15)10(14)8(19-12)6-18-20(16)17/h1-5,8,10-12,14-15,20H,6H2,(H,16,17). The average molecular weight is 302 g/mol. The van der Waals surface area contributed by atoms with Gasteiger partial charge >= 0.3 is 8.25 Å². The molecule has 0 aromatic heterocycles. The molecule has 5 atom stereocenters. The molecule has 110 valence electrons. The molecule has 1 aromatic rings. The molecule has 5 unspecified atom stereocenters. The molecule has 20 heavy (non-hydrogen) atoms. The van der Waals surface area contributed by atoms with E-state index >= 15 is 0 Å². The molecule has 0 saturated carbocycles. The summed E-state index contributed by atoms with van der Waals surface area (Å²) in [6, 6.07) is 8.22. The van der Waals surface area contributed by atoms with E-state index in [2.05, 4.69) is 4.52 Å². The van der Waals surface area contributed by atoms with Gasteiger partial charge in [0.1, 0.15) is 24.4 Å². The number of aliphatic hydroxyl groups is 2. The van der Waals surface area contributed by atoms with Gasteiger partial charge in [0.05, 0.1) is 6.61 Å². The fraction of sp³-hybridized carbons (Fsp3) is 0.417. The van der Waals surface area contributed by atoms with E-state index in [9.17, 15) is 19.6 Å². The van der Waals surface area contributed by atoms with Crippen molar-refractivity contribution in [1.29, 1.82) is 0 Å². The van der Waals surface area contributed by atoms with Crippen molar-refractivity contribution in [2.24, 2.45) is 0 Å². The molecule has 1 fully saturated rings. The number of rotatable bonds is 5. The van der Waals surface area contributed by atoms with Crippen LogP contribution in [0.25, 0.3) is 0 Å². The Labute approximate surface area is 115 Å². The Balaban J connectivity index is 2.06. The van der Waals surface area contributed by atoms with Crippen molar-refractivity contribution in [2.45, 2.75) is 24.4 Å². The van der Waals surface area contributed by atoms with E-state index in [1.807, 2.05) is 0 Å². The maximum absolute atomic E-state index is 12.1. The van der Waals surface area contributed by atoms with Crippen molar-refractivity contribution in [3.63, 3.8) is 0 Å². The van der Waals surface area contributed by atoms with E-state index in [1.165, 1.54) is 0 Å². The maximum atomic E-state index is 12.1. The number of ketones is 1. The van der Waals surface area contributed by atoms with Crippen molar-refractivity contribution in [2.75, 3.05) is 6.61 Å². The van der Waals surface area contributed by atoms with Gasteiger partial charge in [-0.2, -0.15) is 0 Å². The van der Waals surface area contributed by atoms with E-state index in [0.29, 0.717) is 5.56 Å². The van der Waals surface area contributed by atoms with E-state index in [-0.39, 0.29) is 6.61 Å². The van der Waals surface area contributed by atoms with E-state index < -0.39 is 38.5 Å². The Kier molecular flexibility index (Phi) is 5.04. The SMILES string of the molecule is O=C(c1ccccc1)C1OC(CO[PH](=O)O)C(O)C1O. The van der Waals surface area contributed by atoms with E-state index in [4.69, 9.17) is 9.63 Å². The normalized spacial score (nSPS) is 31.1. The molecule has 2 rings (SSSR count). The molecule has 8 heteroatoms. The number of benzene rings is 1. The second kappa shape index (κ2) is 6.58. The lowest BCUT2D eigenvalue weighted by Crippen LogP contribution is -2.37. The zero-order valence-electron chi connectivity index (χ0n) is 10.4. The molecule has 0 aliphatic carbocycles. The number of hydrogen-bond acceptors (Lipinski definition) is 6. The van der Waals surface area contributed by atoms with Crippen LogP contribution in [0.15, 0.2) is 30.3 Å². The van der Waals surface area contributed by atoms with Crippen molar-refractivity contribution in [3.8, 4) is 0 Å². The zero-order chi connectivity index (χ0) is 14.7. The molecular weight excluding hydrogens is 287 g/mol. The predicted octanol–water partition coefficient (Wildman–Crippen LogP) is -0.243. The summed E-state index contributed by atoms with van der Waals surface area (Å²) in [7, 11) is -3.16. The molecule has 7 nitrogen and oxygen atoms in total. The summed E-state index contributed by atoms with van der Waals surface area (Å²) >= 11 is 0. The van der Waals surface area contributed by atoms with Crippen molar-refractivity contribution in [1.82, 2.24) is 0 Å². The zero-order valence-corrected chi connectivity index (χ0v) is 11.4. The van der Waals surface area contributed by atoms with Crippen LogP contribution in [0.5, 0.6) is 0 Å². The second-order valence-corrected chi connectivity index (χ2v) is 5.20. The van der Waals surface area contributed by atoms with Gasteiger partial charge < -0.3 is 24.4 Å². The van der Waals surface area contributed by atoms with Gasteiger partial charge in [-0.15, -0.1) is 0 Å². The summed E-state index contributed by atoms with van der Waals surface area (Å²) in [5, 5.41) is 19.6. The third-order valence-corrected chi connectivity index (χ3v) is 3.46. The topological polar surface area (TPSA) is 113 Å². The highest BCUT2D eigenvalue weighted by atomic mass is 31.1. The fourth-order valence-electron chi connectivity index (χ4n) is 2.02. The van der Waals surface area contributed by atoms with Crippen LogP contribution in [-0.4, -0.2) is 51.9 Å². The summed E-state index contributed by atoms with van der Waals surface area (Å²) in [6.45, 7) is -0.370. The average Bonchev–Trinajstić information content (AvgIpc) is 2.73. The minimum Gasteiger partial charge on any atom is -0.387 e. The van der Waals surface area contributed by atoms with Crippen molar-refractivity contribution < 1.29 is 33.7 Å². The first-order valence-corrected chi connectivity index (χ1v) is 7.23. The maximum Gasteiger partial charge on any atom is 0.316 e. The molecule has 3 N–H and O–H groups in total. The quantitative estimate of drug-likeness (QED) is 0.508. The van der Waals surface area contributed by atoms with Gasteiger partial charge in [-0.05, 0) is 0 Å². The first kappa shape index (κ1) is 15.3. The van der Waals surface area contributed by atoms with E-state index in [1.54, 1.807) is 30.3 Å². The summed E-state index contributed by atoms with van der Waals surface area (Å²) in [4.78, 5) is 20.7. The molecule has 0 amide bonds.